The fourth-order valence-electron chi connectivity index (χ4n) is 4.13. The molecule has 2 aliphatic heterocycles. The highest BCUT2D eigenvalue weighted by Crippen LogP contribution is 2.36. The maximum atomic E-state index is 13.0. The average molecular weight is 503 g/mol. The third-order valence-corrected chi connectivity index (χ3v) is 6.86. The van der Waals surface area contributed by atoms with Crippen molar-refractivity contribution in [3.63, 3.8) is 0 Å². The van der Waals surface area contributed by atoms with Crippen LogP contribution in [-0.2, 0) is 18.8 Å². The number of nitrogens with zero attached hydrogens (tertiary/aromatic N) is 3. The molecule has 0 saturated carbocycles. The van der Waals surface area contributed by atoms with Crippen LogP contribution in [0.1, 0.15) is 75.2 Å². The van der Waals surface area contributed by atoms with Crippen LogP contribution in [0, 0.1) is 5.92 Å². The largest absolute Gasteiger partial charge is 0.498 e. The van der Waals surface area contributed by atoms with Crippen molar-refractivity contribution in [1.29, 1.82) is 0 Å². The number of alkyl carbamates (subject to hydrolysis) is 1. The number of carbonyl (C=O) groups excluding carboxylic acids is 2. The van der Waals surface area contributed by atoms with Crippen LogP contribution in [-0.4, -0.2) is 71.1 Å². The minimum Gasteiger partial charge on any atom is -0.444 e. The first-order valence-corrected chi connectivity index (χ1v) is 12.8. The molecular formula is C25H42BN5O5. The van der Waals surface area contributed by atoms with E-state index in [1.54, 1.807) is 33.2 Å². The lowest BCUT2D eigenvalue weighted by molar-refractivity contribution is -0.125. The van der Waals surface area contributed by atoms with Gasteiger partial charge in [0.2, 0.25) is 11.9 Å². The van der Waals surface area contributed by atoms with Crippen molar-refractivity contribution in [2.45, 2.75) is 104 Å². The van der Waals surface area contributed by atoms with Gasteiger partial charge < -0.3 is 29.6 Å². The van der Waals surface area contributed by atoms with E-state index in [2.05, 4.69) is 25.5 Å². The highest BCUT2D eigenvalue weighted by atomic mass is 16.7. The molecule has 0 bridgehead atoms. The minimum absolute atomic E-state index is 0.0840. The number of hydrogen-bond acceptors (Lipinski definition) is 8. The topological polar surface area (TPSA) is 115 Å². The van der Waals surface area contributed by atoms with Gasteiger partial charge in [0.25, 0.3) is 0 Å². The predicted octanol–water partition coefficient (Wildman–Crippen LogP) is 2.41. The normalized spacial score (nSPS) is 22.3. The van der Waals surface area contributed by atoms with Gasteiger partial charge in [-0.05, 0) is 67.2 Å². The number of hydrogen-bond donors (Lipinski definition) is 2. The Morgan fingerprint density at radius 2 is 1.72 bits per heavy atom. The third kappa shape index (κ3) is 6.88. The van der Waals surface area contributed by atoms with E-state index in [-0.39, 0.29) is 17.9 Å². The van der Waals surface area contributed by atoms with E-state index >= 15 is 0 Å². The Kier molecular flexibility index (Phi) is 8.25. The SMILES string of the molecule is CC(C)[C@H](NC(=O)OC(C)(C)C)C(=O)N[C@H]1CCCN(c2ncc(B3OC(C)(C)C(C)(C)O3)cn2)C1. The molecule has 1 aromatic rings. The molecular weight excluding hydrogens is 461 g/mol. The molecule has 0 radical (unpaired) electrons. The highest BCUT2D eigenvalue weighted by molar-refractivity contribution is 6.61. The van der Waals surface area contributed by atoms with Crippen LogP contribution in [0.3, 0.4) is 0 Å². The smallest absolute Gasteiger partial charge is 0.444 e. The zero-order chi connectivity index (χ0) is 26.9. The summed E-state index contributed by atoms with van der Waals surface area (Å²) in [5, 5.41) is 5.81. The maximum absolute atomic E-state index is 13.0. The molecule has 200 valence electrons. The Labute approximate surface area is 215 Å². The molecule has 0 aromatic carbocycles. The molecule has 2 saturated heterocycles. The van der Waals surface area contributed by atoms with Crippen molar-refractivity contribution in [2.75, 3.05) is 18.0 Å². The number of amides is 2. The fraction of sp³-hybridized carbons (Fsp3) is 0.760. The molecule has 0 unspecified atom stereocenters. The summed E-state index contributed by atoms with van der Waals surface area (Å²) in [6.45, 7) is 18.6. The van der Waals surface area contributed by atoms with Crippen LogP contribution in [0.25, 0.3) is 0 Å². The Morgan fingerprint density at radius 1 is 1.14 bits per heavy atom. The number of ether oxygens (including phenoxy) is 1. The van der Waals surface area contributed by atoms with Gasteiger partial charge in [-0.15, -0.1) is 0 Å². The standard InChI is InChI=1S/C25H42BN5O5/c1-16(2)19(30-22(33)34-23(3,4)5)20(32)29-18-11-10-12-31(15-18)21-27-13-17(14-28-21)26-35-24(6,7)25(8,9)36-26/h13-14,16,18-19H,10-12,15H2,1-9H3,(H,29,32)(H,30,33)/t18-,19-/m0/s1. The fourth-order valence-corrected chi connectivity index (χ4v) is 4.13. The van der Waals surface area contributed by atoms with Gasteiger partial charge >= 0.3 is 13.2 Å². The predicted molar refractivity (Wildman–Crippen MR) is 139 cm³/mol. The van der Waals surface area contributed by atoms with Crippen molar-refractivity contribution in [2.24, 2.45) is 5.92 Å². The monoisotopic (exact) mass is 503 g/mol. The van der Waals surface area contributed by atoms with Crippen molar-refractivity contribution in [3.8, 4) is 0 Å². The maximum Gasteiger partial charge on any atom is 0.498 e. The Morgan fingerprint density at radius 3 is 2.25 bits per heavy atom. The molecule has 2 aliphatic rings. The lowest BCUT2D eigenvalue weighted by atomic mass is 9.81. The van der Waals surface area contributed by atoms with E-state index in [0.29, 0.717) is 12.5 Å². The second-order valence-corrected chi connectivity index (χ2v) is 12.1. The summed E-state index contributed by atoms with van der Waals surface area (Å²) < 4.78 is 17.5. The number of rotatable bonds is 6. The Balaban J connectivity index is 1.59. The zero-order valence-corrected chi connectivity index (χ0v) is 23.2. The first-order chi connectivity index (χ1) is 16.6. The molecule has 2 amide bonds. The molecule has 3 heterocycles. The molecule has 2 N–H and O–H groups in total. The van der Waals surface area contributed by atoms with Crippen LogP contribution in [0.15, 0.2) is 12.4 Å². The number of anilines is 1. The summed E-state index contributed by atoms with van der Waals surface area (Å²) in [7, 11) is -0.511. The van der Waals surface area contributed by atoms with Crippen molar-refractivity contribution < 1.29 is 23.6 Å². The molecule has 3 rings (SSSR count). The number of carbonyl (C=O) groups is 2. The van der Waals surface area contributed by atoms with Crippen LogP contribution in [0.4, 0.5) is 10.7 Å². The van der Waals surface area contributed by atoms with E-state index in [0.717, 1.165) is 24.8 Å². The quantitative estimate of drug-likeness (QED) is 0.569. The van der Waals surface area contributed by atoms with Gasteiger partial charge in [-0.2, -0.15) is 0 Å². The highest BCUT2D eigenvalue weighted by Gasteiger charge is 2.52. The van der Waals surface area contributed by atoms with Gasteiger partial charge in [0.15, 0.2) is 0 Å². The number of aromatic nitrogens is 2. The molecule has 0 spiro atoms. The van der Waals surface area contributed by atoms with E-state index in [4.69, 9.17) is 14.0 Å². The van der Waals surface area contributed by atoms with E-state index < -0.39 is 36.1 Å². The summed E-state index contributed by atoms with van der Waals surface area (Å²) in [6, 6.07) is -0.773. The van der Waals surface area contributed by atoms with Crippen molar-refractivity contribution >= 4 is 30.5 Å². The molecule has 36 heavy (non-hydrogen) atoms. The van der Waals surface area contributed by atoms with Gasteiger partial charge in [0.1, 0.15) is 11.6 Å². The van der Waals surface area contributed by atoms with Gasteiger partial charge in [0, 0.05) is 37.0 Å². The zero-order valence-electron chi connectivity index (χ0n) is 23.2. The summed E-state index contributed by atoms with van der Waals surface area (Å²) in [5.41, 5.74) is -0.724. The van der Waals surface area contributed by atoms with Crippen LogP contribution in [0.2, 0.25) is 0 Å². The van der Waals surface area contributed by atoms with Gasteiger partial charge in [0.05, 0.1) is 11.2 Å². The van der Waals surface area contributed by atoms with Crippen LogP contribution >= 0.6 is 0 Å². The van der Waals surface area contributed by atoms with E-state index in [1.807, 2.05) is 41.5 Å². The van der Waals surface area contributed by atoms with Gasteiger partial charge in [-0.3, -0.25) is 4.79 Å². The Hall–Kier alpha value is -2.40. The third-order valence-electron chi connectivity index (χ3n) is 6.86. The molecule has 11 heteroatoms. The van der Waals surface area contributed by atoms with Crippen molar-refractivity contribution in [3.05, 3.63) is 12.4 Å². The summed E-state index contributed by atoms with van der Waals surface area (Å²) >= 11 is 0. The van der Waals surface area contributed by atoms with E-state index in [9.17, 15) is 9.59 Å². The number of nitrogens with one attached hydrogen (secondary N) is 2. The van der Waals surface area contributed by atoms with E-state index in [1.165, 1.54) is 0 Å². The molecule has 1 aromatic heterocycles. The first-order valence-electron chi connectivity index (χ1n) is 12.8. The van der Waals surface area contributed by atoms with Crippen molar-refractivity contribution in [1.82, 2.24) is 20.6 Å². The first kappa shape index (κ1) is 28.2. The summed E-state index contributed by atoms with van der Waals surface area (Å²) in [6.07, 6.45) is 4.61. The summed E-state index contributed by atoms with van der Waals surface area (Å²) in [4.78, 5) is 36.5. The molecule has 10 nitrogen and oxygen atoms in total. The summed E-state index contributed by atoms with van der Waals surface area (Å²) in [5.74, 6) is 0.282. The molecule has 2 atom stereocenters. The average Bonchev–Trinajstić information content (AvgIpc) is 2.98. The van der Waals surface area contributed by atoms with Gasteiger partial charge in [-0.1, -0.05) is 13.8 Å². The lowest BCUT2D eigenvalue weighted by Gasteiger charge is -2.34. The van der Waals surface area contributed by atoms with Crippen LogP contribution in [0.5, 0.6) is 0 Å². The minimum atomic E-state index is -0.689. The Bertz CT molecular complexity index is 916. The second-order valence-electron chi connectivity index (χ2n) is 12.1. The molecule has 2 fully saturated rings. The van der Waals surface area contributed by atoms with Crippen LogP contribution < -0.4 is 21.0 Å². The molecule has 0 aliphatic carbocycles. The number of piperidine rings is 1. The van der Waals surface area contributed by atoms with Gasteiger partial charge in [-0.25, -0.2) is 14.8 Å². The lowest BCUT2D eigenvalue weighted by Crippen LogP contribution is -2.56. The second kappa shape index (κ2) is 10.5.